The van der Waals surface area contributed by atoms with Crippen molar-refractivity contribution >= 4 is 33.8 Å². The van der Waals surface area contributed by atoms with E-state index in [0.29, 0.717) is 22.8 Å². The van der Waals surface area contributed by atoms with Crippen molar-refractivity contribution < 1.29 is 4.39 Å². The Hall–Kier alpha value is -3.20. The zero-order valence-corrected chi connectivity index (χ0v) is 20.0. The summed E-state index contributed by atoms with van der Waals surface area (Å²) in [6.07, 6.45) is 2.14. The first-order valence-electron chi connectivity index (χ1n) is 11.3. The highest BCUT2D eigenvalue weighted by Gasteiger charge is 2.30. The van der Waals surface area contributed by atoms with E-state index in [1.54, 1.807) is 23.5 Å². The lowest BCUT2D eigenvalue weighted by atomic mass is 10.2. The Bertz CT molecular complexity index is 1490. The van der Waals surface area contributed by atoms with Crippen LogP contribution in [0.2, 0.25) is 0 Å². The molecule has 0 unspecified atom stereocenters. The summed E-state index contributed by atoms with van der Waals surface area (Å²) in [6, 6.07) is 25.0. The number of para-hydroxylation sites is 2. The van der Waals surface area contributed by atoms with Gasteiger partial charge in [0.25, 0.3) is 0 Å². The predicted octanol–water partition coefficient (Wildman–Crippen LogP) is 6.61. The molecule has 1 fully saturated rings. The summed E-state index contributed by atoms with van der Waals surface area (Å²) in [5, 5.41) is 5.96. The van der Waals surface area contributed by atoms with Crippen molar-refractivity contribution in [2.75, 3.05) is 6.54 Å². The van der Waals surface area contributed by atoms with E-state index in [0.717, 1.165) is 35.6 Å². The lowest BCUT2D eigenvalue weighted by Gasteiger charge is -2.22. The van der Waals surface area contributed by atoms with Gasteiger partial charge in [-0.05, 0) is 61.5 Å². The van der Waals surface area contributed by atoms with Crippen molar-refractivity contribution in [1.29, 1.82) is 0 Å². The molecule has 0 radical (unpaired) electrons. The van der Waals surface area contributed by atoms with Gasteiger partial charge in [-0.3, -0.25) is 9.47 Å². The van der Waals surface area contributed by atoms with Crippen LogP contribution in [-0.2, 0) is 6.67 Å². The normalized spacial score (nSPS) is 16.4. The third kappa shape index (κ3) is 3.77. The van der Waals surface area contributed by atoms with E-state index in [4.69, 9.17) is 22.3 Å². The van der Waals surface area contributed by atoms with Crippen molar-refractivity contribution in [3.8, 4) is 17.1 Å². The summed E-state index contributed by atoms with van der Waals surface area (Å²) < 4.78 is 20.2. The largest absolute Gasteiger partial charge is 0.275 e. The molecule has 1 aliphatic rings. The van der Waals surface area contributed by atoms with Crippen molar-refractivity contribution in [2.24, 2.45) is 0 Å². The minimum Gasteiger partial charge on any atom is -0.275 e. The molecule has 6 rings (SSSR count). The fraction of sp³-hybridized carbons (Fsp3) is 0.192. The molecule has 170 valence electrons. The molecule has 0 spiro atoms. The molecule has 0 aliphatic carbocycles. The molecule has 5 nitrogen and oxygen atoms in total. The van der Waals surface area contributed by atoms with Crippen LogP contribution in [0.1, 0.15) is 23.9 Å². The first kappa shape index (κ1) is 21.3. The molecule has 3 heterocycles. The Labute approximate surface area is 205 Å². The SMILES string of the molecule is Fc1ccccc1-c1nn(CN2CCC[C@H]2c2nc3ccccc3s2)c(=S)n1-c1ccccc1. The van der Waals surface area contributed by atoms with Gasteiger partial charge < -0.3 is 0 Å². The third-order valence-electron chi connectivity index (χ3n) is 6.24. The number of thiazole rings is 1. The molecule has 8 heteroatoms. The van der Waals surface area contributed by atoms with E-state index in [-0.39, 0.29) is 11.9 Å². The van der Waals surface area contributed by atoms with Crippen molar-refractivity contribution in [3.63, 3.8) is 0 Å². The van der Waals surface area contributed by atoms with Crippen LogP contribution in [0.4, 0.5) is 4.39 Å². The van der Waals surface area contributed by atoms with Gasteiger partial charge in [-0.2, -0.15) is 0 Å². The molecular formula is C26H22FN5S2. The lowest BCUT2D eigenvalue weighted by Crippen LogP contribution is -2.27. The second-order valence-corrected chi connectivity index (χ2v) is 9.82. The van der Waals surface area contributed by atoms with E-state index < -0.39 is 0 Å². The highest BCUT2D eigenvalue weighted by atomic mass is 32.1. The van der Waals surface area contributed by atoms with E-state index in [1.807, 2.05) is 51.7 Å². The lowest BCUT2D eigenvalue weighted by molar-refractivity contribution is 0.190. The average molecular weight is 488 g/mol. The number of nitrogens with zero attached hydrogens (tertiary/aromatic N) is 5. The molecule has 0 N–H and O–H groups in total. The molecule has 5 aromatic rings. The van der Waals surface area contributed by atoms with Gasteiger partial charge in [0.15, 0.2) is 5.82 Å². The molecule has 0 saturated carbocycles. The van der Waals surface area contributed by atoms with Crippen molar-refractivity contribution in [1.82, 2.24) is 24.2 Å². The number of rotatable bonds is 5. The minimum atomic E-state index is -0.319. The van der Waals surface area contributed by atoms with Crippen molar-refractivity contribution in [2.45, 2.75) is 25.6 Å². The third-order valence-corrected chi connectivity index (χ3v) is 7.77. The quantitative estimate of drug-likeness (QED) is 0.261. The fourth-order valence-electron chi connectivity index (χ4n) is 4.61. The summed E-state index contributed by atoms with van der Waals surface area (Å²) in [6.45, 7) is 1.47. The van der Waals surface area contributed by atoms with Crippen LogP contribution in [0, 0.1) is 10.6 Å². The maximum atomic E-state index is 14.8. The van der Waals surface area contributed by atoms with Crippen LogP contribution in [0.25, 0.3) is 27.3 Å². The summed E-state index contributed by atoms with van der Waals surface area (Å²) in [7, 11) is 0. The Morgan fingerprint density at radius 2 is 1.74 bits per heavy atom. The number of halogens is 1. The van der Waals surface area contributed by atoms with Crippen LogP contribution < -0.4 is 0 Å². The van der Waals surface area contributed by atoms with E-state index in [1.165, 1.54) is 10.8 Å². The molecule has 0 amide bonds. The number of benzene rings is 3. The average Bonchev–Trinajstić information content (AvgIpc) is 3.57. The Morgan fingerprint density at radius 3 is 2.56 bits per heavy atom. The van der Waals surface area contributed by atoms with Gasteiger partial charge in [0.1, 0.15) is 10.8 Å². The fourth-order valence-corrected chi connectivity index (χ4v) is 6.03. The molecule has 34 heavy (non-hydrogen) atoms. The zero-order chi connectivity index (χ0) is 23.1. The molecular weight excluding hydrogens is 465 g/mol. The summed E-state index contributed by atoms with van der Waals surface area (Å²) >= 11 is 7.64. The first-order chi connectivity index (χ1) is 16.7. The van der Waals surface area contributed by atoms with Gasteiger partial charge >= 0.3 is 0 Å². The predicted molar refractivity (Wildman–Crippen MR) is 136 cm³/mol. The van der Waals surface area contributed by atoms with Crippen LogP contribution in [0.3, 0.4) is 0 Å². The number of likely N-dealkylation sites (tertiary alicyclic amines) is 1. The zero-order valence-electron chi connectivity index (χ0n) is 18.3. The van der Waals surface area contributed by atoms with Gasteiger partial charge in [0.2, 0.25) is 4.77 Å². The topological polar surface area (TPSA) is 38.9 Å². The molecule has 2 aromatic heterocycles. The maximum absolute atomic E-state index is 14.8. The van der Waals surface area contributed by atoms with Gasteiger partial charge in [0, 0.05) is 12.2 Å². The summed E-state index contributed by atoms with van der Waals surface area (Å²) in [5.74, 6) is 0.186. The van der Waals surface area contributed by atoms with Gasteiger partial charge in [-0.25, -0.2) is 14.1 Å². The second-order valence-electron chi connectivity index (χ2n) is 8.39. The highest BCUT2D eigenvalue weighted by molar-refractivity contribution is 7.71. The number of hydrogen-bond acceptors (Lipinski definition) is 5. The molecule has 1 aliphatic heterocycles. The van der Waals surface area contributed by atoms with E-state index >= 15 is 0 Å². The number of aromatic nitrogens is 4. The maximum Gasteiger partial charge on any atom is 0.204 e. The van der Waals surface area contributed by atoms with E-state index in [2.05, 4.69) is 23.1 Å². The van der Waals surface area contributed by atoms with Crippen molar-refractivity contribution in [3.05, 3.63) is 94.5 Å². The summed E-state index contributed by atoms with van der Waals surface area (Å²) in [5.41, 5.74) is 2.34. The standard InChI is InChI=1S/C26H22FN5S2/c27-20-12-5-4-11-19(20)24-29-31(26(33)32(24)18-9-2-1-3-10-18)17-30-16-8-14-22(30)25-28-21-13-6-7-15-23(21)34-25/h1-7,9-13,15,22H,8,14,16-17H2/t22-/m0/s1. The molecule has 0 bridgehead atoms. The van der Waals surface area contributed by atoms with Gasteiger partial charge in [0.05, 0.1) is 28.5 Å². The molecule has 3 aromatic carbocycles. The number of fused-ring (bicyclic) bond motifs is 1. The molecule has 1 saturated heterocycles. The number of hydrogen-bond donors (Lipinski definition) is 0. The molecule has 1 atom stereocenters. The van der Waals surface area contributed by atoms with Crippen LogP contribution >= 0.6 is 23.6 Å². The Morgan fingerprint density at radius 1 is 0.971 bits per heavy atom. The first-order valence-corrected chi connectivity index (χ1v) is 12.5. The van der Waals surface area contributed by atoms with E-state index in [9.17, 15) is 4.39 Å². The smallest absolute Gasteiger partial charge is 0.204 e. The summed E-state index contributed by atoms with van der Waals surface area (Å²) in [4.78, 5) is 7.28. The van der Waals surface area contributed by atoms with Gasteiger partial charge in [-0.1, -0.05) is 42.5 Å². The minimum absolute atomic E-state index is 0.220. The van der Waals surface area contributed by atoms with Crippen LogP contribution in [-0.4, -0.2) is 30.8 Å². The second kappa shape index (κ2) is 8.87. The van der Waals surface area contributed by atoms with Crippen LogP contribution in [0.5, 0.6) is 0 Å². The Kier molecular flexibility index (Phi) is 5.57. The Balaban J connectivity index is 1.40. The highest BCUT2D eigenvalue weighted by Crippen LogP contribution is 2.37. The van der Waals surface area contributed by atoms with Gasteiger partial charge in [-0.15, -0.1) is 16.4 Å². The van der Waals surface area contributed by atoms with Crippen LogP contribution in [0.15, 0.2) is 78.9 Å². The monoisotopic (exact) mass is 487 g/mol.